The summed E-state index contributed by atoms with van der Waals surface area (Å²) in [6, 6.07) is 4.90. The summed E-state index contributed by atoms with van der Waals surface area (Å²) in [4.78, 5) is 0. The molecular weight excluding hydrogens is 264 g/mol. The Hall–Kier alpha value is -1.43. The number of methoxy groups -OCH3 is 1. The molecule has 6 heteroatoms. The highest BCUT2D eigenvalue weighted by Crippen LogP contribution is 2.30. The van der Waals surface area contributed by atoms with Crippen molar-refractivity contribution in [3.63, 3.8) is 0 Å². The van der Waals surface area contributed by atoms with Crippen LogP contribution in [0.5, 0.6) is 5.75 Å². The summed E-state index contributed by atoms with van der Waals surface area (Å²) in [5.41, 5.74) is 6.64. The highest BCUT2D eigenvalue weighted by molar-refractivity contribution is 7.93. The van der Waals surface area contributed by atoms with Gasteiger partial charge < -0.3 is 10.5 Å². The molecule has 0 bridgehead atoms. The maximum atomic E-state index is 12.3. The zero-order valence-corrected chi connectivity index (χ0v) is 11.9. The first kappa shape index (κ1) is 14.0. The van der Waals surface area contributed by atoms with Gasteiger partial charge >= 0.3 is 0 Å². The molecule has 0 spiro atoms. The van der Waals surface area contributed by atoms with E-state index in [9.17, 15) is 8.42 Å². The molecule has 1 aliphatic carbocycles. The fraction of sp³-hybridized carbons (Fsp3) is 0.538. The second-order valence-corrected chi connectivity index (χ2v) is 6.83. The standard InChI is InChI=1S/C13H20N2O3S/c1-18-13-9-10(14)7-8-12(13)15-19(16,17)11-5-3-2-4-6-11/h7-9,11,15H,2-6,14H2,1H3. The van der Waals surface area contributed by atoms with Crippen molar-refractivity contribution in [3.05, 3.63) is 18.2 Å². The maximum Gasteiger partial charge on any atom is 0.235 e. The van der Waals surface area contributed by atoms with Gasteiger partial charge in [0.25, 0.3) is 0 Å². The van der Waals surface area contributed by atoms with Gasteiger partial charge in [-0.05, 0) is 25.0 Å². The molecule has 1 saturated carbocycles. The van der Waals surface area contributed by atoms with Crippen molar-refractivity contribution in [1.29, 1.82) is 0 Å². The Balaban J connectivity index is 2.19. The van der Waals surface area contributed by atoms with Crippen LogP contribution in [0.2, 0.25) is 0 Å². The van der Waals surface area contributed by atoms with Gasteiger partial charge in [0, 0.05) is 11.8 Å². The lowest BCUT2D eigenvalue weighted by Gasteiger charge is -2.23. The summed E-state index contributed by atoms with van der Waals surface area (Å²) in [7, 11) is -1.86. The number of rotatable bonds is 4. The molecule has 0 aliphatic heterocycles. The normalized spacial score (nSPS) is 17.1. The summed E-state index contributed by atoms with van der Waals surface area (Å²) >= 11 is 0. The first-order chi connectivity index (χ1) is 9.03. The zero-order valence-electron chi connectivity index (χ0n) is 11.1. The van der Waals surface area contributed by atoms with E-state index in [-0.39, 0.29) is 5.25 Å². The van der Waals surface area contributed by atoms with Crippen LogP contribution in [0, 0.1) is 0 Å². The number of sulfonamides is 1. The van der Waals surface area contributed by atoms with E-state index in [0.717, 1.165) is 32.1 Å². The van der Waals surface area contributed by atoms with Gasteiger partial charge in [-0.3, -0.25) is 4.72 Å². The van der Waals surface area contributed by atoms with Gasteiger partial charge in [0.2, 0.25) is 10.0 Å². The third kappa shape index (κ3) is 3.32. The molecule has 0 aromatic heterocycles. The average Bonchev–Trinajstić information content (AvgIpc) is 2.41. The van der Waals surface area contributed by atoms with Crippen LogP contribution in [0.15, 0.2) is 18.2 Å². The highest BCUT2D eigenvalue weighted by Gasteiger charge is 2.27. The van der Waals surface area contributed by atoms with Gasteiger partial charge in [0.05, 0.1) is 18.0 Å². The van der Waals surface area contributed by atoms with Crippen LogP contribution >= 0.6 is 0 Å². The van der Waals surface area contributed by atoms with Crippen molar-refractivity contribution < 1.29 is 13.2 Å². The van der Waals surface area contributed by atoms with Crippen molar-refractivity contribution >= 4 is 21.4 Å². The second-order valence-electron chi connectivity index (χ2n) is 4.87. The number of nitrogens with two attached hydrogens (primary N) is 1. The molecule has 0 saturated heterocycles. The molecule has 2 rings (SSSR count). The number of nitrogens with one attached hydrogen (secondary N) is 1. The van der Waals surface area contributed by atoms with Crippen molar-refractivity contribution in [2.45, 2.75) is 37.4 Å². The second kappa shape index (κ2) is 5.69. The summed E-state index contributed by atoms with van der Waals surface area (Å²) < 4.78 is 32.4. The van der Waals surface area contributed by atoms with E-state index >= 15 is 0 Å². The lowest BCUT2D eigenvalue weighted by molar-refractivity contribution is 0.417. The Kier molecular flexibility index (Phi) is 4.19. The predicted molar refractivity (Wildman–Crippen MR) is 76.8 cm³/mol. The fourth-order valence-corrected chi connectivity index (χ4v) is 4.00. The van der Waals surface area contributed by atoms with E-state index < -0.39 is 10.0 Å². The van der Waals surface area contributed by atoms with E-state index in [0.29, 0.717) is 17.1 Å². The molecule has 1 aliphatic rings. The summed E-state index contributed by atoms with van der Waals surface area (Å²) in [6.07, 6.45) is 4.53. The molecule has 1 aromatic rings. The number of benzene rings is 1. The Labute approximate surface area is 114 Å². The first-order valence-corrected chi connectivity index (χ1v) is 8.03. The third-order valence-corrected chi connectivity index (χ3v) is 5.32. The Morgan fingerprint density at radius 2 is 1.95 bits per heavy atom. The Morgan fingerprint density at radius 1 is 1.26 bits per heavy atom. The van der Waals surface area contributed by atoms with Crippen molar-refractivity contribution in [3.8, 4) is 5.75 Å². The molecule has 0 heterocycles. The maximum absolute atomic E-state index is 12.3. The lowest BCUT2D eigenvalue weighted by atomic mass is 10.0. The summed E-state index contributed by atoms with van der Waals surface area (Å²) in [6.45, 7) is 0. The molecule has 106 valence electrons. The topological polar surface area (TPSA) is 81.4 Å². The molecule has 0 amide bonds. The Bertz CT molecular complexity index is 537. The van der Waals surface area contributed by atoms with Crippen LogP contribution in [0.4, 0.5) is 11.4 Å². The van der Waals surface area contributed by atoms with Gasteiger partial charge in [0.15, 0.2) is 0 Å². The number of hydrogen-bond donors (Lipinski definition) is 2. The van der Waals surface area contributed by atoms with Gasteiger partial charge in [-0.15, -0.1) is 0 Å². The fourth-order valence-electron chi connectivity index (χ4n) is 2.40. The van der Waals surface area contributed by atoms with Gasteiger partial charge in [-0.2, -0.15) is 0 Å². The smallest absolute Gasteiger partial charge is 0.235 e. The molecule has 5 nitrogen and oxygen atoms in total. The highest BCUT2D eigenvalue weighted by atomic mass is 32.2. The molecule has 19 heavy (non-hydrogen) atoms. The van der Waals surface area contributed by atoms with E-state index in [1.165, 1.54) is 7.11 Å². The number of anilines is 2. The third-order valence-electron chi connectivity index (χ3n) is 3.47. The molecular formula is C13H20N2O3S. The molecule has 0 unspecified atom stereocenters. The van der Waals surface area contributed by atoms with Crippen molar-refractivity contribution in [1.82, 2.24) is 0 Å². The quantitative estimate of drug-likeness (QED) is 0.832. The number of nitrogen functional groups attached to an aromatic ring is 1. The molecule has 0 radical (unpaired) electrons. The van der Waals surface area contributed by atoms with E-state index in [4.69, 9.17) is 10.5 Å². The van der Waals surface area contributed by atoms with E-state index in [2.05, 4.69) is 4.72 Å². The minimum absolute atomic E-state index is 0.302. The van der Waals surface area contributed by atoms with Gasteiger partial charge in [-0.1, -0.05) is 19.3 Å². The average molecular weight is 284 g/mol. The molecule has 1 aromatic carbocycles. The Morgan fingerprint density at radius 3 is 2.58 bits per heavy atom. The minimum atomic E-state index is -3.35. The largest absolute Gasteiger partial charge is 0.494 e. The van der Waals surface area contributed by atoms with E-state index in [1.807, 2.05) is 0 Å². The SMILES string of the molecule is COc1cc(N)ccc1NS(=O)(=O)C1CCCCC1. The van der Waals surface area contributed by atoms with E-state index in [1.54, 1.807) is 18.2 Å². The first-order valence-electron chi connectivity index (χ1n) is 6.48. The van der Waals surface area contributed by atoms with Crippen LogP contribution in [0.3, 0.4) is 0 Å². The molecule has 0 atom stereocenters. The predicted octanol–water partition coefficient (Wildman–Crippen LogP) is 2.35. The van der Waals surface area contributed by atoms with Crippen molar-refractivity contribution in [2.75, 3.05) is 17.6 Å². The zero-order chi connectivity index (χ0) is 13.9. The number of ether oxygens (including phenoxy) is 1. The van der Waals surface area contributed by atoms with Gasteiger partial charge in [-0.25, -0.2) is 8.42 Å². The minimum Gasteiger partial charge on any atom is -0.494 e. The van der Waals surface area contributed by atoms with Crippen LogP contribution in [-0.2, 0) is 10.0 Å². The van der Waals surface area contributed by atoms with Crippen LogP contribution in [0.25, 0.3) is 0 Å². The molecule has 1 fully saturated rings. The van der Waals surface area contributed by atoms with Crippen molar-refractivity contribution in [2.24, 2.45) is 0 Å². The summed E-state index contributed by atoms with van der Waals surface area (Å²) in [5.74, 6) is 0.444. The molecule has 3 N–H and O–H groups in total. The van der Waals surface area contributed by atoms with Crippen LogP contribution in [0.1, 0.15) is 32.1 Å². The lowest BCUT2D eigenvalue weighted by Crippen LogP contribution is -2.29. The number of hydrogen-bond acceptors (Lipinski definition) is 4. The van der Waals surface area contributed by atoms with Gasteiger partial charge in [0.1, 0.15) is 5.75 Å². The van der Waals surface area contributed by atoms with Crippen LogP contribution in [-0.4, -0.2) is 20.8 Å². The monoisotopic (exact) mass is 284 g/mol. The van der Waals surface area contributed by atoms with Crippen LogP contribution < -0.4 is 15.2 Å². The summed E-state index contributed by atoms with van der Waals surface area (Å²) in [5, 5.41) is -0.302.